The molecule has 0 saturated carbocycles. The molecule has 1 aliphatic rings. The standard InChI is InChI=1S/C21H17ClN2OS/c22-17-12-10-15(11-13-17)14-25-19-9-5-4-8-18(19)21-24-23-20(26-21)16-6-2-1-3-7-16/h1-13,21,24H,14H2/t21-/m0/s1. The van der Waals surface area contributed by atoms with Gasteiger partial charge in [-0.1, -0.05) is 84.0 Å². The summed E-state index contributed by atoms with van der Waals surface area (Å²) >= 11 is 7.64. The van der Waals surface area contributed by atoms with Crippen LogP contribution in [0, 0.1) is 0 Å². The summed E-state index contributed by atoms with van der Waals surface area (Å²) in [5, 5.41) is 6.24. The Morgan fingerprint density at radius 3 is 2.46 bits per heavy atom. The van der Waals surface area contributed by atoms with E-state index in [9.17, 15) is 0 Å². The zero-order valence-corrected chi connectivity index (χ0v) is 15.5. The molecule has 0 unspecified atom stereocenters. The SMILES string of the molecule is Clc1ccc(COc2ccccc2[C@H]2NN=C(c3ccccc3)S2)cc1. The number of thioether (sulfide) groups is 1. The van der Waals surface area contributed by atoms with Gasteiger partial charge in [-0.05, 0) is 23.8 Å². The van der Waals surface area contributed by atoms with Gasteiger partial charge in [0.2, 0.25) is 0 Å². The maximum atomic E-state index is 6.07. The van der Waals surface area contributed by atoms with Crippen molar-refractivity contribution in [1.82, 2.24) is 5.43 Å². The second kappa shape index (κ2) is 7.85. The smallest absolute Gasteiger partial charge is 0.126 e. The summed E-state index contributed by atoms with van der Waals surface area (Å²) in [5.41, 5.74) is 6.50. The van der Waals surface area contributed by atoms with Crippen LogP contribution in [0.1, 0.15) is 22.1 Å². The Balaban J connectivity index is 1.47. The fraction of sp³-hybridized carbons (Fsp3) is 0.0952. The third kappa shape index (κ3) is 3.87. The van der Waals surface area contributed by atoms with Crippen molar-refractivity contribution >= 4 is 28.4 Å². The summed E-state index contributed by atoms with van der Waals surface area (Å²) in [6, 6.07) is 26.0. The van der Waals surface area contributed by atoms with E-state index in [1.54, 1.807) is 11.8 Å². The number of ether oxygens (including phenoxy) is 1. The molecule has 0 radical (unpaired) electrons. The summed E-state index contributed by atoms with van der Waals surface area (Å²) in [6.07, 6.45) is 0. The normalized spacial score (nSPS) is 16.0. The molecule has 130 valence electrons. The topological polar surface area (TPSA) is 33.6 Å². The summed E-state index contributed by atoms with van der Waals surface area (Å²) in [4.78, 5) is 0. The van der Waals surface area contributed by atoms with Gasteiger partial charge in [0.15, 0.2) is 0 Å². The second-order valence-electron chi connectivity index (χ2n) is 5.86. The highest BCUT2D eigenvalue weighted by atomic mass is 35.5. The predicted octanol–water partition coefficient (Wildman–Crippen LogP) is 5.62. The Morgan fingerprint density at radius 1 is 0.923 bits per heavy atom. The third-order valence-corrected chi connectivity index (χ3v) is 5.44. The minimum Gasteiger partial charge on any atom is -0.489 e. The van der Waals surface area contributed by atoms with Crippen LogP contribution in [0.3, 0.4) is 0 Å². The van der Waals surface area contributed by atoms with Gasteiger partial charge >= 0.3 is 0 Å². The van der Waals surface area contributed by atoms with Gasteiger partial charge < -0.3 is 4.74 Å². The number of para-hydroxylation sites is 1. The van der Waals surface area contributed by atoms with Crippen LogP contribution in [0.25, 0.3) is 0 Å². The van der Waals surface area contributed by atoms with Crippen molar-refractivity contribution in [3.05, 3.63) is 101 Å². The van der Waals surface area contributed by atoms with E-state index in [1.807, 2.05) is 60.7 Å². The quantitative estimate of drug-likeness (QED) is 0.624. The Hall–Kier alpha value is -2.43. The third-order valence-electron chi connectivity index (χ3n) is 4.04. The zero-order valence-electron chi connectivity index (χ0n) is 13.9. The maximum Gasteiger partial charge on any atom is 0.126 e. The van der Waals surface area contributed by atoms with Crippen LogP contribution in [0.5, 0.6) is 5.75 Å². The number of nitrogens with one attached hydrogen (secondary N) is 1. The molecule has 1 N–H and O–H groups in total. The Bertz CT molecular complexity index is 913. The lowest BCUT2D eigenvalue weighted by molar-refractivity contribution is 0.302. The number of nitrogens with zero attached hydrogens (tertiary/aromatic N) is 1. The fourth-order valence-corrected chi connectivity index (χ4v) is 3.85. The lowest BCUT2D eigenvalue weighted by Crippen LogP contribution is -2.09. The van der Waals surface area contributed by atoms with Gasteiger partial charge in [-0.25, -0.2) is 0 Å². The molecular formula is C21H17ClN2OS. The molecule has 0 bridgehead atoms. The molecule has 0 amide bonds. The van der Waals surface area contributed by atoms with Crippen molar-refractivity contribution in [2.45, 2.75) is 12.0 Å². The molecule has 3 aromatic rings. The highest BCUT2D eigenvalue weighted by Crippen LogP contribution is 2.38. The Labute approximate surface area is 162 Å². The minimum absolute atomic E-state index is 0.0339. The van der Waals surface area contributed by atoms with E-state index < -0.39 is 0 Å². The molecule has 26 heavy (non-hydrogen) atoms. The first kappa shape index (κ1) is 17.0. The van der Waals surface area contributed by atoms with Crippen LogP contribution in [0.2, 0.25) is 5.02 Å². The van der Waals surface area contributed by atoms with Crippen molar-refractivity contribution in [3.8, 4) is 5.75 Å². The predicted molar refractivity (Wildman–Crippen MR) is 109 cm³/mol. The van der Waals surface area contributed by atoms with Crippen molar-refractivity contribution < 1.29 is 4.74 Å². The van der Waals surface area contributed by atoms with Gasteiger partial charge in [-0.3, -0.25) is 5.43 Å². The molecule has 5 heteroatoms. The fourth-order valence-electron chi connectivity index (χ4n) is 2.70. The van der Waals surface area contributed by atoms with Crippen molar-refractivity contribution in [2.24, 2.45) is 5.10 Å². The summed E-state index contributed by atoms with van der Waals surface area (Å²) in [6.45, 7) is 0.498. The molecule has 0 fully saturated rings. The average Bonchev–Trinajstić information content (AvgIpc) is 3.19. The highest BCUT2D eigenvalue weighted by Gasteiger charge is 2.24. The van der Waals surface area contributed by atoms with Gasteiger partial charge in [0, 0.05) is 16.1 Å². The van der Waals surface area contributed by atoms with Crippen LogP contribution in [0.4, 0.5) is 0 Å². The van der Waals surface area contributed by atoms with Crippen molar-refractivity contribution in [3.63, 3.8) is 0 Å². The van der Waals surface area contributed by atoms with Crippen LogP contribution < -0.4 is 10.2 Å². The van der Waals surface area contributed by atoms with Gasteiger partial charge in [0.25, 0.3) is 0 Å². The highest BCUT2D eigenvalue weighted by molar-refractivity contribution is 8.14. The van der Waals surface area contributed by atoms with Gasteiger partial charge in [0.1, 0.15) is 22.8 Å². The molecule has 1 aliphatic heterocycles. The molecule has 4 rings (SSSR count). The van der Waals surface area contributed by atoms with E-state index in [1.165, 1.54) is 0 Å². The first-order chi connectivity index (χ1) is 12.8. The summed E-state index contributed by atoms with van der Waals surface area (Å²) in [5.74, 6) is 0.858. The molecule has 1 heterocycles. The first-order valence-corrected chi connectivity index (χ1v) is 9.57. The van der Waals surface area contributed by atoms with Crippen LogP contribution in [-0.2, 0) is 6.61 Å². The van der Waals surface area contributed by atoms with E-state index >= 15 is 0 Å². The molecule has 3 nitrogen and oxygen atoms in total. The average molecular weight is 381 g/mol. The molecule has 0 aliphatic carbocycles. The zero-order chi connectivity index (χ0) is 17.8. The van der Waals surface area contributed by atoms with Gasteiger partial charge in [-0.15, -0.1) is 0 Å². The van der Waals surface area contributed by atoms with E-state index in [0.29, 0.717) is 6.61 Å². The number of benzene rings is 3. The summed E-state index contributed by atoms with van der Waals surface area (Å²) in [7, 11) is 0. The number of hydrogen-bond acceptors (Lipinski definition) is 4. The Kier molecular flexibility index (Phi) is 5.14. The van der Waals surface area contributed by atoms with Crippen LogP contribution >= 0.6 is 23.4 Å². The van der Waals surface area contributed by atoms with Crippen molar-refractivity contribution in [2.75, 3.05) is 0 Å². The molecule has 0 aromatic heterocycles. The molecule has 0 saturated heterocycles. The lowest BCUT2D eigenvalue weighted by Gasteiger charge is -2.15. The van der Waals surface area contributed by atoms with Crippen LogP contribution in [0.15, 0.2) is 84.0 Å². The minimum atomic E-state index is 0.0339. The molecule has 3 aromatic carbocycles. The van der Waals surface area contributed by atoms with E-state index in [0.717, 1.165) is 32.5 Å². The van der Waals surface area contributed by atoms with Gasteiger partial charge in [0.05, 0.1) is 0 Å². The second-order valence-corrected chi connectivity index (χ2v) is 7.39. The van der Waals surface area contributed by atoms with Crippen LogP contribution in [-0.4, -0.2) is 5.04 Å². The molecular weight excluding hydrogens is 364 g/mol. The monoisotopic (exact) mass is 380 g/mol. The first-order valence-electron chi connectivity index (χ1n) is 8.31. The number of hydrazone groups is 1. The lowest BCUT2D eigenvalue weighted by atomic mass is 10.2. The number of halogens is 1. The Morgan fingerprint density at radius 2 is 1.65 bits per heavy atom. The number of rotatable bonds is 5. The largest absolute Gasteiger partial charge is 0.489 e. The van der Waals surface area contributed by atoms with Crippen molar-refractivity contribution in [1.29, 1.82) is 0 Å². The molecule has 1 atom stereocenters. The van der Waals surface area contributed by atoms with Gasteiger partial charge in [-0.2, -0.15) is 5.10 Å². The summed E-state index contributed by atoms with van der Waals surface area (Å²) < 4.78 is 6.07. The number of hydrogen-bond donors (Lipinski definition) is 1. The van der Waals surface area contributed by atoms with E-state index in [4.69, 9.17) is 16.3 Å². The maximum absolute atomic E-state index is 6.07. The van der Waals surface area contributed by atoms with E-state index in [-0.39, 0.29) is 5.37 Å². The molecule has 0 spiro atoms. The van der Waals surface area contributed by atoms with E-state index in [2.05, 4.69) is 28.7 Å².